The number of anilines is 2. The van der Waals surface area contributed by atoms with Gasteiger partial charge >= 0.3 is 6.18 Å². The van der Waals surface area contributed by atoms with Gasteiger partial charge in [-0.25, -0.2) is 9.97 Å². The van der Waals surface area contributed by atoms with Crippen LogP contribution in [0.4, 0.5) is 24.7 Å². The molecule has 0 saturated heterocycles. The summed E-state index contributed by atoms with van der Waals surface area (Å²) in [6.07, 6.45) is -3.35. The first-order valence-electron chi connectivity index (χ1n) is 11.0. The predicted octanol–water partition coefficient (Wildman–Crippen LogP) is 5.18. The first-order chi connectivity index (χ1) is 17.6. The minimum atomic E-state index is -4.67. The molecular weight excluding hydrogens is 487 g/mol. The molecule has 37 heavy (non-hydrogen) atoms. The Morgan fingerprint density at radius 3 is 2.49 bits per heavy atom. The second kappa shape index (κ2) is 10.1. The Morgan fingerprint density at radius 2 is 1.78 bits per heavy atom. The van der Waals surface area contributed by atoms with Crippen LogP contribution in [0.1, 0.15) is 44.8 Å². The molecular formula is C26H22F3N5O3. The summed E-state index contributed by atoms with van der Waals surface area (Å²) in [5.41, 5.74) is 6.09. The van der Waals surface area contributed by atoms with Gasteiger partial charge in [0.25, 0.3) is 11.8 Å². The first kappa shape index (κ1) is 25.4. The lowest BCUT2D eigenvalue weighted by atomic mass is 10.1. The number of nitrogens with zero attached hydrogens (tertiary/aromatic N) is 2. The zero-order valence-corrected chi connectivity index (χ0v) is 19.8. The van der Waals surface area contributed by atoms with E-state index in [0.717, 1.165) is 24.8 Å². The van der Waals surface area contributed by atoms with Crippen molar-refractivity contribution >= 4 is 34.2 Å². The van der Waals surface area contributed by atoms with E-state index < -0.39 is 23.6 Å². The molecule has 4 aromatic rings. The molecule has 0 aliphatic heterocycles. The molecule has 1 aromatic heterocycles. The standard InChI is InChI=1S/C26H22F3N5O3/c1-14(33-24-19-8-4-7-18(23(30)35)22(19)31-13-32-24)15-5-3-6-17(11-15)34-25(36)16-9-10-21(37-2)20(12-16)26(27,28)29/h3-14H,1-2H3,(H2,30,35)(H,34,36)(H,31,32,33)/t14-/m1/s1. The van der Waals surface area contributed by atoms with Gasteiger partial charge in [0, 0.05) is 16.6 Å². The molecule has 0 unspecified atom stereocenters. The summed E-state index contributed by atoms with van der Waals surface area (Å²) < 4.78 is 44.8. The number of para-hydroxylation sites is 1. The van der Waals surface area contributed by atoms with E-state index in [1.807, 2.05) is 13.0 Å². The van der Waals surface area contributed by atoms with Gasteiger partial charge in [0.05, 0.1) is 29.8 Å². The van der Waals surface area contributed by atoms with Gasteiger partial charge in [0.2, 0.25) is 0 Å². The van der Waals surface area contributed by atoms with E-state index in [0.29, 0.717) is 22.4 Å². The molecule has 4 rings (SSSR count). The summed E-state index contributed by atoms with van der Waals surface area (Å²) in [5, 5.41) is 6.50. The summed E-state index contributed by atoms with van der Waals surface area (Å²) >= 11 is 0. The summed E-state index contributed by atoms with van der Waals surface area (Å²) in [6, 6.07) is 14.7. The van der Waals surface area contributed by atoms with E-state index in [1.54, 1.807) is 36.4 Å². The molecule has 190 valence electrons. The molecule has 0 radical (unpaired) electrons. The number of nitrogens with one attached hydrogen (secondary N) is 2. The largest absolute Gasteiger partial charge is 0.496 e. The maximum atomic E-state index is 13.3. The SMILES string of the molecule is COc1ccc(C(=O)Nc2cccc([C@@H](C)Nc3ncnc4c(C(N)=O)cccc34)c2)cc1C(F)(F)F. The number of carbonyl (C=O) groups excluding carboxylic acids is 2. The van der Waals surface area contributed by atoms with Crippen LogP contribution in [0.2, 0.25) is 0 Å². The number of hydrogen-bond acceptors (Lipinski definition) is 6. The van der Waals surface area contributed by atoms with E-state index >= 15 is 0 Å². The Kier molecular flexibility index (Phi) is 6.96. The number of amides is 2. The van der Waals surface area contributed by atoms with Crippen molar-refractivity contribution < 1.29 is 27.5 Å². The van der Waals surface area contributed by atoms with Gasteiger partial charge in [-0.2, -0.15) is 13.2 Å². The fraction of sp³-hybridized carbons (Fsp3) is 0.154. The monoisotopic (exact) mass is 509 g/mol. The predicted molar refractivity (Wildman–Crippen MR) is 132 cm³/mol. The van der Waals surface area contributed by atoms with Gasteiger partial charge in [-0.05, 0) is 55.0 Å². The normalized spacial score (nSPS) is 12.1. The van der Waals surface area contributed by atoms with Crippen LogP contribution in [-0.2, 0) is 6.18 Å². The average Bonchev–Trinajstić information content (AvgIpc) is 2.87. The number of benzene rings is 3. The van der Waals surface area contributed by atoms with Gasteiger partial charge < -0.3 is 21.1 Å². The van der Waals surface area contributed by atoms with Crippen LogP contribution in [0.15, 0.2) is 67.0 Å². The summed E-state index contributed by atoms with van der Waals surface area (Å²) in [5.74, 6) is -1.20. The van der Waals surface area contributed by atoms with E-state index in [4.69, 9.17) is 10.5 Å². The Labute approximate surface area is 209 Å². The third-order valence-corrected chi connectivity index (χ3v) is 5.70. The number of fused-ring (bicyclic) bond motifs is 1. The Hall–Kier alpha value is -4.67. The van der Waals surface area contributed by atoms with Gasteiger partial charge in [-0.1, -0.05) is 18.2 Å². The zero-order chi connectivity index (χ0) is 26.7. The number of halogens is 3. The number of aromatic nitrogens is 2. The minimum absolute atomic E-state index is 0.164. The average molecular weight is 509 g/mol. The molecule has 0 bridgehead atoms. The quantitative estimate of drug-likeness (QED) is 0.316. The molecule has 1 heterocycles. The summed E-state index contributed by atoms with van der Waals surface area (Å²) in [4.78, 5) is 32.9. The molecule has 0 spiro atoms. The number of hydrogen-bond donors (Lipinski definition) is 3. The Balaban J connectivity index is 1.55. The molecule has 0 saturated carbocycles. The van der Waals surface area contributed by atoms with Gasteiger partial charge in [-0.15, -0.1) is 0 Å². The molecule has 11 heteroatoms. The molecule has 0 fully saturated rings. The smallest absolute Gasteiger partial charge is 0.419 e. The third kappa shape index (κ3) is 5.45. The molecule has 8 nitrogen and oxygen atoms in total. The third-order valence-electron chi connectivity index (χ3n) is 5.70. The van der Waals surface area contributed by atoms with Crippen molar-refractivity contribution in [2.75, 3.05) is 17.7 Å². The fourth-order valence-corrected chi connectivity index (χ4v) is 3.85. The van der Waals surface area contributed by atoms with Crippen molar-refractivity contribution in [2.45, 2.75) is 19.1 Å². The van der Waals surface area contributed by atoms with E-state index in [1.165, 1.54) is 12.4 Å². The van der Waals surface area contributed by atoms with Gasteiger partial charge in [0.1, 0.15) is 17.9 Å². The van der Waals surface area contributed by atoms with Crippen LogP contribution in [0.25, 0.3) is 10.9 Å². The van der Waals surface area contributed by atoms with Crippen LogP contribution < -0.4 is 21.1 Å². The highest BCUT2D eigenvalue weighted by molar-refractivity contribution is 6.07. The number of primary amides is 1. The van der Waals surface area contributed by atoms with Crippen LogP contribution in [0.3, 0.4) is 0 Å². The number of methoxy groups -OCH3 is 1. The molecule has 0 aliphatic carbocycles. The number of alkyl halides is 3. The topological polar surface area (TPSA) is 119 Å². The van der Waals surface area contributed by atoms with Crippen LogP contribution in [0, 0.1) is 0 Å². The maximum Gasteiger partial charge on any atom is 0.419 e. The fourth-order valence-electron chi connectivity index (χ4n) is 3.85. The zero-order valence-electron chi connectivity index (χ0n) is 19.8. The molecule has 4 N–H and O–H groups in total. The highest BCUT2D eigenvalue weighted by Gasteiger charge is 2.35. The number of rotatable bonds is 7. The number of nitrogens with two attached hydrogens (primary N) is 1. The van der Waals surface area contributed by atoms with E-state index in [2.05, 4.69) is 20.6 Å². The molecule has 1 atom stereocenters. The molecule has 3 aromatic carbocycles. The van der Waals surface area contributed by atoms with Crippen LogP contribution >= 0.6 is 0 Å². The molecule has 0 aliphatic rings. The number of ether oxygens (including phenoxy) is 1. The van der Waals surface area contributed by atoms with Crippen molar-refractivity contribution in [2.24, 2.45) is 5.73 Å². The highest BCUT2D eigenvalue weighted by Crippen LogP contribution is 2.37. The second-order valence-corrected chi connectivity index (χ2v) is 8.15. The summed E-state index contributed by atoms with van der Waals surface area (Å²) in [6.45, 7) is 1.87. The van der Waals surface area contributed by atoms with E-state index in [-0.39, 0.29) is 22.9 Å². The van der Waals surface area contributed by atoms with Crippen molar-refractivity contribution in [3.8, 4) is 5.75 Å². The lowest BCUT2D eigenvalue weighted by molar-refractivity contribution is -0.138. The summed E-state index contributed by atoms with van der Waals surface area (Å²) in [7, 11) is 1.13. The maximum absolute atomic E-state index is 13.3. The lowest BCUT2D eigenvalue weighted by Gasteiger charge is -2.18. The highest BCUT2D eigenvalue weighted by atomic mass is 19.4. The minimum Gasteiger partial charge on any atom is -0.496 e. The van der Waals surface area contributed by atoms with Crippen LogP contribution in [0.5, 0.6) is 5.75 Å². The van der Waals surface area contributed by atoms with Crippen molar-refractivity contribution in [1.82, 2.24) is 9.97 Å². The Bertz CT molecular complexity index is 1490. The number of carbonyl (C=O) groups is 2. The molecule has 2 amide bonds. The van der Waals surface area contributed by atoms with Gasteiger partial charge in [0.15, 0.2) is 0 Å². The van der Waals surface area contributed by atoms with Crippen LogP contribution in [-0.4, -0.2) is 28.9 Å². The Morgan fingerprint density at radius 1 is 1.03 bits per heavy atom. The lowest BCUT2D eigenvalue weighted by Crippen LogP contribution is -2.15. The van der Waals surface area contributed by atoms with Crippen molar-refractivity contribution in [1.29, 1.82) is 0 Å². The van der Waals surface area contributed by atoms with Crippen molar-refractivity contribution in [3.63, 3.8) is 0 Å². The van der Waals surface area contributed by atoms with Gasteiger partial charge in [-0.3, -0.25) is 9.59 Å². The van der Waals surface area contributed by atoms with Crippen molar-refractivity contribution in [3.05, 3.63) is 89.2 Å². The van der Waals surface area contributed by atoms with E-state index in [9.17, 15) is 22.8 Å². The second-order valence-electron chi connectivity index (χ2n) is 8.15. The first-order valence-corrected chi connectivity index (χ1v) is 11.0.